The molecule has 0 radical (unpaired) electrons. The van der Waals surface area contributed by atoms with Gasteiger partial charge < -0.3 is 19.7 Å². The van der Waals surface area contributed by atoms with E-state index in [0.29, 0.717) is 19.6 Å². The van der Waals surface area contributed by atoms with Crippen LogP contribution in [0.25, 0.3) is 0 Å². The van der Waals surface area contributed by atoms with Crippen LogP contribution in [0.1, 0.15) is 36.1 Å². The summed E-state index contributed by atoms with van der Waals surface area (Å²) in [6.07, 6.45) is 0.678. The minimum Gasteiger partial charge on any atom is -0.497 e. The third-order valence-corrected chi connectivity index (χ3v) is 4.91. The summed E-state index contributed by atoms with van der Waals surface area (Å²) in [7, 11) is 1.62. The first-order valence-corrected chi connectivity index (χ1v) is 9.37. The number of nitrogens with one attached hydrogen (secondary N) is 1. The number of rotatable bonds is 7. The molecule has 6 heteroatoms. The van der Waals surface area contributed by atoms with Gasteiger partial charge in [-0.1, -0.05) is 12.1 Å². The molecule has 0 fully saturated rings. The fourth-order valence-electron chi connectivity index (χ4n) is 3.57. The van der Waals surface area contributed by atoms with Gasteiger partial charge in [0.1, 0.15) is 17.5 Å². The summed E-state index contributed by atoms with van der Waals surface area (Å²) < 4.78 is 10.9. The molecule has 28 heavy (non-hydrogen) atoms. The smallest absolute Gasteiger partial charge is 0.254 e. The summed E-state index contributed by atoms with van der Waals surface area (Å²) in [5, 5.41) is 2.80. The molecular weight excluding hydrogens is 356 g/mol. The van der Waals surface area contributed by atoms with E-state index in [9.17, 15) is 9.59 Å². The monoisotopic (exact) mass is 382 g/mol. The Morgan fingerprint density at radius 2 is 1.71 bits per heavy atom. The van der Waals surface area contributed by atoms with Crippen molar-refractivity contribution in [3.8, 4) is 11.5 Å². The van der Waals surface area contributed by atoms with Gasteiger partial charge in [0, 0.05) is 19.0 Å². The van der Waals surface area contributed by atoms with Gasteiger partial charge in [0.15, 0.2) is 0 Å². The average molecular weight is 382 g/mol. The highest BCUT2D eigenvalue weighted by Gasteiger charge is 2.39. The fraction of sp³-hybridized carbons (Fsp3) is 0.364. The number of carbonyl (C=O) groups excluding carboxylic acids is 2. The molecule has 1 aliphatic heterocycles. The van der Waals surface area contributed by atoms with E-state index in [1.807, 2.05) is 50.2 Å². The Balaban J connectivity index is 1.69. The van der Waals surface area contributed by atoms with Crippen molar-refractivity contribution in [3.05, 3.63) is 53.1 Å². The number of benzene rings is 2. The standard InChI is InChI=1S/C22H26N2O4/c1-14-6-7-15(2)21-19(14)20(23-16(3)25)22(26)24(21)12-5-13-28-18-10-8-17(27-4)9-11-18/h6-11,20H,5,12-13H2,1-4H3,(H,23,25)/t20-/m1/s1. The van der Waals surface area contributed by atoms with Gasteiger partial charge in [-0.05, 0) is 55.7 Å². The molecule has 0 aliphatic carbocycles. The number of aryl methyl sites for hydroxylation is 2. The van der Waals surface area contributed by atoms with Crippen LogP contribution in [0.5, 0.6) is 11.5 Å². The first-order valence-electron chi connectivity index (χ1n) is 9.37. The molecule has 0 saturated heterocycles. The number of carbonyl (C=O) groups is 2. The zero-order chi connectivity index (χ0) is 20.3. The lowest BCUT2D eigenvalue weighted by Gasteiger charge is -2.20. The molecule has 1 heterocycles. The number of fused-ring (bicyclic) bond motifs is 1. The number of nitrogens with zero attached hydrogens (tertiary/aromatic N) is 1. The van der Waals surface area contributed by atoms with Gasteiger partial charge in [0.25, 0.3) is 5.91 Å². The fourth-order valence-corrected chi connectivity index (χ4v) is 3.57. The van der Waals surface area contributed by atoms with Crippen LogP contribution in [0, 0.1) is 13.8 Å². The summed E-state index contributed by atoms with van der Waals surface area (Å²) in [6.45, 7) is 6.41. The zero-order valence-corrected chi connectivity index (χ0v) is 16.7. The molecule has 0 saturated carbocycles. The van der Waals surface area contributed by atoms with E-state index in [2.05, 4.69) is 5.32 Å². The van der Waals surface area contributed by atoms with Crippen LogP contribution in [0.15, 0.2) is 36.4 Å². The van der Waals surface area contributed by atoms with Crippen LogP contribution in [0.4, 0.5) is 5.69 Å². The van der Waals surface area contributed by atoms with Crippen molar-refractivity contribution in [2.75, 3.05) is 25.2 Å². The van der Waals surface area contributed by atoms with Crippen LogP contribution in [0.2, 0.25) is 0 Å². The highest BCUT2D eigenvalue weighted by molar-refractivity contribution is 6.07. The molecular formula is C22H26N2O4. The van der Waals surface area contributed by atoms with Gasteiger partial charge in [0.05, 0.1) is 19.4 Å². The maximum Gasteiger partial charge on any atom is 0.254 e. The molecule has 6 nitrogen and oxygen atoms in total. The predicted molar refractivity (Wildman–Crippen MR) is 108 cm³/mol. The molecule has 2 aromatic carbocycles. The maximum atomic E-state index is 13.0. The predicted octanol–water partition coefficient (Wildman–Crippen LogP) is 3.30. The zero-order valence-electron chi connectivity index (χ0n) is 16.7. The van der Waals surface area contributed by atoms with Crippen molar-refractivity contribution in [2.24, 2.45) is 0 Å². The van der Waals surface area contributed by atoms with Gasteiger partial charge in [0.2, 0.25) is 5.91 Å². The average Bonchev–Trinajstić information content (AvgIpc) is 2.95. The second-order valence-corrected chi connectivity index (χ2v) is 6.96. The summed E-state index contributed by atoms with van der Waals surface area (Å²) >= 11 is 0. The van der Waals surface area contributed by atoms with Crippen LogP contribution in [-0.4, -0.2) is 32.1 Å². The van der Waals surface area contributed by atoms with E-state index >= 15 is 0 Å². The Kier molecular flexibility index (Phi) is 5.87. The molecule has 0 aromatic heterocycles. The molecule has 2 aromatic rings. The topological polar surface area (TPSA) is 67.9 Å². The summed E-state index contributed by atoms with van der Waals surface area (Å²) in [5.74, 6) is 1.24. The van der Waals surface area contributed by atoms with E-state index in [-0.39, 0.29) is 11.8 Å². The molecule has 3 rings (SSSR count). The highest BCUT2D eigenvalue weighted by atomic mass is 16.5. The Hall–Kier alpha value is -3.02. The third kappa shape index (κ3) is 3.96. The Labute approximate surface area is 165 Å². The molecule has 1 aliphatic rings. The van der Waals surface area contributed by atoms with Gasteiger partial charge in [-0.25, -0.2) is 0 Å². The molecule has 0 bridgehead atoms. The summed E-state index contributed by atoms with van der Waals surface area (Å²) in [4.78, 5) is 26.4. The van der Waals surface area contributed by atoms with Gasteiger partial charge in [-0.3, -0.25) is 9.59 Å². The Bertz CT molecular complexity index is 877. The van der Waals surface area contributed by atoms with Crippen molar-refractivity contribution in [3.63, 3.8) is 0 Å². The van der Waals surface area contributed by atoms with Crippen molar-refractivity contribution in [1.29, 1.82) is 0 Å². The second kappa shape index (κ2) is 8.33. The molecule has 148 valence electrons. The van der Waals surface area contributed by atoms with Gasteiger partial charge in [-0.2, -0.15) is 0 Å². The Morgan fingerprint density at radius 1 is 1.07 bits per heavy atom. The van der Waals surface area contributed by atoms with Crippen molar-refractivity contribution in [1.82, 2.24) is 5.32 Å². The number of anilines is 1. The van der Waals surface area contributed by atoms with E-state index < -0.39 is 6.04 Å². The van der Waals surface area contributed by atoms with E-state index in [1.54, 1.807) is 12.0 Å². The molecule has 1 N–H and O–H groups in total. The van der Waals surface area contributed by atoms with Crippen LogP contribution < -0.4 is 19.7 Å². The van der Waals surface area contributed by atoms with Crippen molar-refractivity contribution < 1.29 is 19.1 Å². The summed E-state index contributed by atoms with van der Waals surface area (Å²) in [5.41, 5.74) is 3.84. The van der Waals surface area contributed by atoms with Crippen molar-refractivity contribution >= 4 is 17.5 Å². The van der Waals surface area contributed by atoms with Gasteiger partial charge in [-0.15, -0.1) is 0 Å². The second-order valence-electron chi connectivity index (χ2n) is 6.96. The van der Waals surface area contributed by atoms with Crippen molar-refractivity contribution in [2.45, 2.75) is 33.2 Å². The number of hydrogen-bond donors (Lipinski definition) is 1. The lowest BCUT2D eigenvalue weighted by Crippen LogP contribution is -2.37. The lowest BCUT2D eigenvalue weighted by molar-refractivity contribution is -0.126. The SMILES string of the molecule is COc1ccc(OCCCN2C(=O)[C@H](NC(C)=O)c3c(C)ccc(C)c32)cc1. The molecule has 2 amide bonds. The normalized spacial score (nSPS) is 15.4. The van der Waals surface area contributed by atoms with Crippen LogP contribution >= 0.6 is 0 Å². The first kappa shape index (κ1) is 19.7. The largest absolute Gasteiger partial charge is 0.497 e. The first-order chi connectivity index (χ1) is 13.4. The minimum absolute atomic E-state index is 0.0907. The van der Waals surface area contributed by atoms with Crippen LogP contribution in [0.3, 0.4) is 0 Å². The highest BCUT2D eigenvalue weighted by Crippen LogP contribution is 2.40. The van der Waals surface area contributed by atoms with Gasteiger partial charge >= 0.3 is 0 Å². The summed E-state index contributed by atoms with van der Waals surface area (Å²) in [6, 6.07) is 10.8. The number of hydrogen-bond acceptors (Lipinski definition) is 4. The Morgan fingerprint density at radius 3 is 2.36 bits per heavy atom. The quantitative estimate of drug-likeness (QED) is 0.746. The number of amides is 2. The van der Waals surface area contributed by atoms with E-state index in [0.717, 1.165) is 33.9 Å². The number of ether oxygens (including phenoxy) is 2. The van der Waals surface area contributed by atoms with E-state index in [4.69, 9.17) is 9.47 Å². The number of methoxy groups -OCH3 is 1. The maximum absolute atomic E-state index is 13.0. The molecule has 1 atom stereocenters. The molecule has 0 spiro atoms. The van der Waals surface area contributed by atoms with Crippen LogP contribution in [-0.2, 0) is 9.59 Å². The minimum atomic E-state index is -0.616. The van der Waals surface area contributed by atoms with E-state index in [1.165, 1.54) is 6.92 Å². The molecule has 0 unspecified atom stereocenters. The third-order valence-electron chi connectivity index (χ3n) is 4.91. The lowest BCUT2D eigenvalue weighted by atomic mass is 9.99.